The maximum Gasteiger partial charge on any atom is 0.309 e. The van der Waals surface area contributed by atoms with Gasteiger partial charge in [0.2, 0.25) is 10.0 Å². The zero-order valence-electron chi connectivity index (χ0n) is 24.2. The topological polar surface area (TPSA) is 159 Å². The summed E-state index contributed by atoms with van der Waals surface area (Å²) in [7, 11) is 0.300. The summed E-state index contributed by atoms with van der Waals surface area (Å²) in [4.78, 5) is 22.3. The van der Waals surface area contributed by atoms with E-state index in [-0.39, 0.29) is 28.2 Å². The van der Waals surface area contributed by atoms with Gasteiger partial charge in [-0.15, -0.1) is 0 Å². The molecule has 0 aliphatic heterocycles. The molecule has 0 bridgehead atoms. The standard InChI is InChI=1S/C13H18BrNO4S.C9H8BrClO4S.C4H11N/c1-13(2,3)15-20(17,18)11-7-9(5-6-10(11)14)8-12(16)19-4;1-15-9(12)5-6-2-3-7(10)8(4-6)16(11,13)14;1-4(2,3)5/h5-7,15H,8H2,1-4H3;2-4H,5H2,1H3;5H2,1-3H3. The van der Waals surface area contributed by atoms with Crippen LogP contribution in [0.3, 0.4) is 0 Å². The molecular formula is C26H37Br2ClN2O8S2. The lowest BCUT2D eigenvalue weighted by atomic mass is 10.1. The monoisotopic (exact) mass is 762 g/mol. The van der Waals surface area contributed by atoms with Crippen LogP contribution >= 0.6 is 42.5 Å². The number of nitrogens with two attached hydrogens (primary N) is 1. The number of nitrogens with one attached hydrogen (secondary N) is 1. The van der Waals surface area contributed by atoms with Gasteiger partial charge in [0, 0.05) is 30.7 Å². The number of rotatable bonds is 7. The van der Waals surface area contributed by atoms with E-state index < -0.39 is 36.6 Å². The minimum Gasteiger partial charge on any atom is -0.469 e. The summed E-state index contributed by atoms with van der Waals surface area (Å²) in [6, 6.07) is 9.23. The van der Waals surface area contributed by atoms with Gasteiger partial charge in [-0.2, -0.15) is 0 Å². The van der Waals surface area contributed by atoms with Gasteiger partial charge < -0.3 is 15.2 Å². The number of carbonyl (C=O) groups is 2. The van der Waals surface area contributed by atoms with Gasteiger partial charge in [-0.3, -0.25) is 9.59 Å². The Balaban J connectivity index is 0.000000681. The van der Waals surface area contributed by atoms with Crippen LogP contribution in [0.1, 0.15) is 52.7 Å². The molecule has 0 saturated heterocycles. The number of hydrogen-bond acceptors (Lipinski definition) is 9. The van der Waals surface area contributed by atoms with E-state index >= 15 is 0 Å². The Labute approximate surface area is 264 Å². The maximum absolute atomic E-state index is 12.3. The molecule has 0 unspecified atom stereocenters. The third kappa shape index (κ3) is 17.2. The number of halogens is 3. The number of esters is 2. The van der Waals surface area contributed by atoms with Gasteiger partial charge >= 0.3 is 11.9 Å². The molecule has 3 N–H and O–H groups in total. The van der Waals surface area contributed by atoms with Crippen LogP contribution in [0.25, 0.3) is 0 Å². The lowest BCUT2D eigenvalue weighted by Gasteiger charge is -2.21. The van der Waals surface area contributed by atoms with E-state index in [1.54, 1.807) is 39.0 Å². The summed E-state index contributed by atoms with van der Waals surface area (Å²) in [5, 5.41) is 0. The number of methoxy groups -OCH3 is 2. The lowest BCUT2D eigenvalue weighted by molar-refractivity contribution is -0.140. The molecule has 0 saturated carbocycles. The van der Waals surface area contributed by atoms with E-state index in [1.807, 2.05) is 20.8 Å². The fraction of sp³-hybridized carbons (Fsp3) is 0.462. The predicted molar refractivity (Wildman–Crippen MR) is 167 cm³/mol. The van der Waals surface area contributed by atoms with Crippen LogP contribution in [-0.2, 0) is 51.0 Å². The predicted octanol–water partition coefficient (Wildman–Crippen LogP) is 5.08. The molecule has 2 aromatic rings. The molecular weight excluding hydrogens is 728 g/mol. The van der Waals surface area contributed by atoms with Crippen molar-refractivity contribution in [1.82, 2.24) is 4.72 Å². The van der Waals surface area contributed by atoms with Crippen molar-refractivity contribution in [2.24, 2.45) is 5.73 Å². The molecule has 232 valence electrons. The third-order valence-electron chi connectivity index (χ3n) is 4.14. The minimum atomic E-state index is -3.83. The molecule has 0 fully saturated rings. The molecule has 15 heteroatoms. The maximum atomic E-state index is 12.3. The van der Waals surface area contributed by atoms with Crippen molar-refractivity contribution in [2.75, 3.05) is 14.2 Å². The second kappa shape index (κ2) is 16.3. The number of hydrogen-bond donors (Lipinski definition) is 2. The Hall–Kier alpha value is -1.55. The Bertz CT molecular complexity index is 1410. The summed E-state index contributed by atoms with van der Waals surface area (Å²) in [5.41, 5.74) is 5.87. The number of ether oxygens (including phenoxy) is 2. The van der Waals surface area contributed by atoms with E-state index in [1.165, 1.54) is 32.4 Å². The largest absolute Gasteiger partial charge is 0.469 e. The summed E-state index contributed by atoms with van der Waals surface area (Å²) in [6.45, 7) is 11.2. The first-order chi connectivity index (χ1) is 18.4. The average Bonchev–Trinajstić information content (AvgIpc) is 2.78. The highest BCUT2D eigenvalue weighted by molar-refractivity contribution is 9.10. The van der Waals surface area contributed by atoms with Crippen LogP contribution in [0.5, 0.6) is 0 Å². The molecule has 41 heavy (non-hydrogen) atoms. The normalized spacial score (nSPS) is 11.8. The van der Waals surface area contributed by atoms with Gasteiger partial charge in [-0.25, -0.2) is 21.6 Å². The molecule has 0 aliphatic rings. The second-order valence-electron chi connectivity index (χ2n) is 10.7. The summed E-state index contributed by atoms with van der Waals surface area (Å²) in [5.74, 6) is -0.861. The van der Waals surface area contributed by atoms with Crippen molar-refractivity contribution in [3.63, 3.8) is 0 Å². The highest BCUT2D eigenvalue weighted by Crippen LogP contribution is 2.27. The Kier molecular flexibility index (Phi) is 15.7. The molecule has 0 radical (unpaired) electrons. The van der Waals surface area contributed by atoms with Crippen molar-refractivity contribution >= 4 is 73.6 Å². The number of benzene rings is 2. The minimum absolute atomic E-state index is 0. The fourth-order valence-electron chi connectivity index (χ4n) is 2.64. The Morgan fingerprint density at radius 2 is 1.15 bits per heavy atom. The van der Waals surface area contributed by atoms with Gasteiger partial charge in [0.15, 0.2) is 0 Å². The van der Waals surface area contributed by atoms with Crippen LogP contribution < -0.4 is 10.5 Å². The van der Waals surface area contributed by atoms with E-state index in [9.17, 15) is 26.4 Å². The SMILES string of the molecule is CC(C)(C)N.COC(=O)Cc1ccc(Br)c(S(=O)(=O)Cl)c1.COC(=O)Cc1ccc(Br)c(S(=O)(=O)NC(C)(C)C)c1. The molecule has 2 rings (SSSR count). The van der Waals surface area contributed by atoms with Gasteiger partial charge in [0.1, 0.15) is 0 Å². The fourth-order valence-corrected chi connectivity index (χ4v) is 7.22. The first-order valence-corrected chi connectivity index (χ1v) is 17.3. The van der Waals surface area contributed by atoms with Crippen molar-refractivity contribution < 1.29 is 35.9 Å². The van der Waals surface area contributed by atoms with E-state index in [0.717, 1.165) is 0 Å². The molecule has 0 spiro atoms. The summed E-state index contributed by atoms with van der Waals surface area (Å²) >= 11 is 6.29. The van der Waals surface area contributed by atoms with Crippen LogP contribution in [0.4, 0.5) is 0 Å². The Morgan fingerprint density at radius 3 is 1.46 bits per heavy atom. The van der Waals surface area contributed by atoms with Crippen LogP contribution in [0, 0.1) is 0 Å². The van der Waals surface area contributed by atoms with Gasteiger partial charge in [0.05, 0.1) is 36.9 Å². The lowest BCUT2D eigenvalue weighted by Crippen LogP contribution is -2.40. The highest BCUT2D eigenvalue weighted by atomic mass is 79.9. The Morgan fingerprint density at radius 1 is 0.805 bits per heavy atom. The second-order valence-corrected chi connectivity index (χ2v) is 16.6. The van der Waals surface area contributed by atoms with Crippen molar-refractivity contribution in [3.8, 4) is 0 Å². The summed E-state index contributed by atoms with van der Waals surface area (Å²) in [6.07, 6.45) is 0.0327. The molecule has 10 nitrogen and oxygen atoms in total. The zero-order valence-corrected chi connectivity index (χ0v) is 29.7. The van der Waals surface area contributed by atoms with Gasteiger partial charge in [0.25, 0.3) is 9.05 Å². The molecule has 0 atom stereocenters. The van der Waals surface area contributed by atoms with Gasteiger partial charge in [-0.1, -0.05) is 12.1 Å². The number of sulfonamides is 1. The molecule has 0 amide bonds. The van der Waals surface area contributed by atoms with E-state index in [2.05, 4.69) is 46.1 Å². The first kappa shape index (κ1) is 39.5. The summed E-state index contributed by atoms with van der Waals surface area (Å²) < 4.78 is 59.4. The van der Waals surface area contributed by atoms with E-state index in [0.29, 0.717) is 20.1 Å². The smallest absolute Gasteiger partial charge is 0.309 e. The van der Waals surface area contributed by atoms with Crippen molar-refractivity contribution in [2.45, 2.75) is 75.3 Å². The highest BCUT2D eigenvalue weighted by Gasteiger charge is 2.24. The molecule has 0 aliphatic carbocycles. The van der Waals surface area contributed by atoms with Crippen molar-refractivity contribution in [1.29, 1.82) is 0 Å². The molecule has 2 aromatic carbocycles. The van der Waals surface area contributed by atoms with Crippen LogP contribution in [-0.4, -0.2) is 54.1 Å². The average molecular weight is 765 g/mol. The van der Waals surface area contributed by atoms with Gasteiger partial charge in [-0.05, 0) is 109 Å². The molecule has 0 aromatic heterocycles. The zero-order chi connectivity index (χ0) is 32.4. The molecule has 0 heterocycles. The van der Waals surface area contributed by atoms with Crippen LogP contribution in [0.2, 0.25) is 0 Å². The first-order valence-electron chi connectivity index (χ1n) is 11.9. The van der Waals surface area contributed by atoms with Crippen molar-refractivity contribution in [3.05, 3.63) is 56.5 Å². The number of carbonyl (C=O) groups excluding carboxylic acids is 2. The quantitative estimate of drug-likeness (QED) is 0.290. The third-order valence-corrected chi connectivity index (χ3v) is 9.20. The van der Waals surface area contributed by atoms with Crippen LogP contribution in [0.15, 0.2) is 55.1 Å². The van der Waals surface area contributed by atoms with E-state index in [4.69, 9.17) is 16.4 Å².